The number of hydrogen-bond acceptors (Lipinski definition) is 4. The largest absolute Gasteiger partial charge is 0.330 e. The predicted molar refractivity (Wildman–Crippen MR) is 147 cm³/mol. The Morgan fingerprint density at radius 3 is 2.61 bits per heavy atom. The topological polar surface area (TPSA) is 57.7 Å². The molecule has 2 heterocycles. The van der Waals surface area contributed by atoms with Gasteiger partial charge in [-0.2, -0.15) is 4.31 Å². The Hall–Kier alpha value is -1.90. The number of fused-ring (bicyclic) bond motifs is 1. The lowest BCUT2D eigenvalue weighted by molar-refractivity contribution is -0.133. The molecule has 0 radical (unpaired) electrons. The lowest BCUT2D eigenvalue weighted by Gasteiger charge is -2.38. The van der Waals surface area contributed by atoms with Crippen molar-refractivity contribution in [2.24, 2.45) is 5.92 Å². The van der Waals surface area contributed by atoms with Gasteiger partial charge in [0.05, 0.1) is 17.6 Å². The van der Waals surface area contributed by atoms with Gasteiger partial charge in [0.15, 0.2) is 0 Å². The molecule has 1 unspecified atom stereocenters. The van der Waals surface area contributed by atoms with E-state index >= 15 is 0 Å². The molecule has 3 aromatic rings. The van der Waals surface area contributed by atoms with Crippen LogP contribution in [0.4, 0.5) is 0 Å². The number of carbonyl (C=O) groups is 1. The van der Waals surface area contributed by atoms with E-state index < -0.39 is 10.0 Å². The van der Waals surface area contributed by atoms with Crippen molar-refractivity contribution in [1.82, 2.24) is 9.21 Å². The lowest BCUT2D eigenvalue weighted by Crippen LogP contribution is -2.47. The van der Waals surface area contributed by atoms with Crippen LogP contribution in [-0.2, 0) is 21.2 Å². The van der Waals surface area contributed by atoms with E-state index in [1.54, 1.807) is 17.4 Å². The van der Waals surface area contributed by atoms with Gasteiger partial charge in [-0.3, -0.25) is 4.79 Å². The number of hydrogen-bond donors (Lipinski definition) is 0. The van der Waals surface area contributed by atoms with Crippen molar-refractivity contribution >= 4 is 50.5 Å². The zero-order chi connectivity index (χ0) is 26.0. The highest BCUT2D eigenvalue weighted by molar-refractivity contribution is 7.89. The number of amides is 1. The van der Waals surface area contributed by atoms with Crippen LogP contribution in [0, 0.1) is 12.8 Å². The molecule has 0 saturated heterocycles. The Bertz CT molecular complexity index is 1350. The minimum atomic E-state index is -4.05. The molecule has 192 valence electrons. The number of aryl methyl sites for hydroxylation is 1. The van der Waals surface area contributed by atoms with Crippen LogP contribution in [0.3, 0.4) is 0 Å². The quantitative estimate of drug-likeness (QED) is 0.310. The minimum Gasteiger partial charge on any atom is -0.330 e. The number of nitrogens with zero attached hydrogens (tertiary/aromatic N) is 2. The van der Waals surface area contributed by atoms with Crippen molar-refractivity contribution < 1.29 is 13.2 Å². The zero-order valence-electron chi connectivity index (χ0n) is 20.6. The highest BCUT2D eigenvalue weighted by atomic mass is 35.5. The highest BCUT2D eigenvalue weighted by Gasteiger charge is 2.36. The molecule has 4 rings (SSSR count). The highest BCUT2D eigenvalue weighted by Crippen LogP contribution is 2.39. The van der Waals surface area contributed by atoms with Gasteiger partial charge in [0, 0.05) is 23.0 Å². The average Bonchev–Trinajstić information content (AvgIpc) is 3.31. The van der Waals surface area contributed by atoms with Gasteiger partial charge < -0.3 is 4.90 Å². The first-order valence-corrected chi connectivity index (χ1v) is 15.0. The molecule has 0 N–H and O–H groups in total. The normalized spacial score (nSPS) is 16.0. The Labute approximate surface area is 227 Å². The SMILES string of the molecule is Cc1ccccc1C1c2ccsc2CCN1C(=O)CN(CCC(C)C)S(=O)(=O)c1cc(Cl)ccc1Cl. The van der Waals surface area contributed by atoms with E-state index in [0.717, 1.165) is 23.1 Å². The van der Waals surface area contributed by atoms with E-state index in [1.165, 1.54) is 21.3 Å². The average molecular weight is 566 g/mol. The molecule has 0 aliphatic carbocycles. The molecule has 5 nitrogen and oxygen atoms in total. The van der Waals surface area contributed by atoms with Crippen molar-refractivity contribution in [3.05, 3.63) is 85.5 Å². The molecule has 36 heavy (non-hydrogen) atoms. The van der Waals surface area contributed by atoms with Crippen molar-refractivity contribution in [1.29, 1.82) is 0 Å². The molecule has 0 spiro atoms. The number of rotatable bonds is 8. The second-order valence-electron chi connectivity index (χ2n) is 9.49. The van der Waals surface area contributed by atoms with Gasteiger partial charge >= 0.3 is 0 Å². The monoisotopic (exact) mass is 564 g/mol. The van der Waals surface area contributed by atoms with Gasteiger partial charge in [0.1, 0.15) is 4.90 Å². The summed E-state index contributed by atoms with van der Waals surface area (Å²) in [4.78, 5) is 16.9. The number of benzene rings is 2. The van der Waals surface area contributed by atoms with Gasteiger partial charge in [-0.05, 0) is 72.0 Å². The van der Waals surface area contributed by atoms with E-state index in [2.05, 4.69) is 11.4 Å². The van der Waals surface area contributed by atoms with Gasteiger partial charge in [0.25, 0.3) is 0 Å². The molecule has 1 aromatic heterocycles. The van der Waals surface area contributed by atoms with Crippen LogP contribution in [0.2, 0.25) is 10.0 Å². The van der Waals surface area contributed by atoms with Crippen molar-refractivity contribution in [3.63, 3.8) is 0 Å². The Morgan fingerprint density at radius 2 is 1.89 bits per heavy atom. The van der Waals surface area contributed by atoms with Crippen molar-refractivity contribution in [3.8, 4) is 0 Å². The van der Waals surface area contributed by atoms with Crippen molar-refractivity contribution in [2.45, 2.75) is 44.6 Å². The fraction of sp³-hybridized carbons (Fsp3) is 0.370. The summed E-state index contributed by atoms with van der Waals surface area (Å²) in [6.45, 7) is 6.56. The summed E-state index contributed by atoms with van der Waals surface area (Å²) in [5, 5.41) is 2.42. The van der Waals surface area contributed by atoms with Crippen LogP contribution in [0.15, 0.2) is 58.8 Å². The Balaban J connectivity index is 1.70. The maximum atomic E-state index is 13.9. The van der Waals surface area contributed by atoms with E-state index in [-0.39, 0.29) is 45.9 Å². The van der Waals surface area contributed by atoms with Crippen LogP contribution < -0.4 is 0 Å². The molecule has 1 aliphatic heterocycles. The second-order valence-corrected chi connectivity index (χ2v) is 13.2. The predicted octanol–water partition coefficient (Wildman–Crippen LogP) is 6.57. The fourth-order valence-electron chi connectivity index (χ4n) is 4.56. The van der Waals surface area contributed by atoms with E-state index in [0.29, 0.717) is 13.0 Å². The van der Waals surface area contributed by atoms with Crippen LogP contribution in [0.25, 0.3) is 0 Å². The molecule has 0 fully saturated rings. The Morgan fingerprint density at radius 1 is 1.14 bits per heavy atom. The molecule has 2 aromatic carbocycles. The molecule has 1 amide bonds. The van der Waals surface area contributed by atoms with Crippen LogP contribution >= 0.6 is 34.5 Å². The first kappa shape index (κ1) is 27.1. The zero-order valence-corrected chi connectivity index (χ0v) is 23.7. The maximum absolute atomic E-state index is 13.9. The molecular weight excluding hydrogens is 535 g/mol. The summed E-state index contributed by atoms with van der Waals surface area (Å²) in [7, 11) is -4.05. The van der Waals surface area contributed by atoms with E-state index in [1.807, 2.05) is 49.9 Å². The van der Waals surface area contributed by atoms with Gasteiger partial charge in [-0.1, -0.05) is 61.3 Å². The number of thiophene rings is 1. The van der Waals surface area contributed by atoms with E-state index in [4.69, 9.17) is 23.2 Å². The summed E-state index contributed by atoms with van der Waals surface area (Å²) in [5.74, 6) is 0.0290. The molecule has 0 saturated carbocycles. The third kappa shape index (κ3) is 5.65. The number of carbonyl (C=O) groups excluding carboxylic acids is 1. The number of sulfonamides is 1. The summed E-state index contributed by atoms with van der Waals surface area (Å²) in [6, 6.07) is 14.2. The van der Waals surface area contributed by atoms with Crippen molar-refractivity contribution in [2.75, 3.05) is 19.6 Å². The van der Waals surface area contributed by atoms with E-state index in [9.17, 15) is 13.2 Å². The van der Waals surface area contributed by atoms with Gasteiger partial charge in [-0.25, -0.2) is 8.42 Å². The molecule has 1 aliphatic rings. The minimum absolute atomic E-state index is 0.0811. The molecule has 0 bridgehead atoms. The molecule has 9 heteroatoms. The first-order chi connectivity index (χ1) is 17.1. The molecular formula is C27H30Cl2N2O3S2. The first-order valence-electron chi connectivity index (χ1n) is 12.0. The maximum Gasteiger partial charge on any atom is 0.245 e. The Kier molecular flexibility index (Phi) is 8.47. The number of halogens is 2. The van der Waals surface area contributed by atoms with Gasteiger partial charge in [-0.15, -0.1) is 11.3 Å². The third-order valence-electron chi connectivity index (χ3n) is 6.55. The standard InChI is InChI=1S/C27H30Cl2N2O3S2/c1-18(2)10-13-30(36(33,34)25-16-20(28)8-9-23(25)29)17-26(32)31-14-11-24-22(12-15-35-24)27(31)21-7-5-4-6-19(21)3/h4-9,12,15-16,18,27H,10-11,13-14,17H2,1-3H3. The van der Waals surface area contributed by atoms with Crippen LogP contribution in [0.1, 0.15) is 47.9 Å². The summed E-state index contributed by atoms with van der Waals surface area (Å²) < 4.78 is 28.7. The van der Waals surface area contributed by atoms with Crippen LogP contribution in [0.5, 0.6) is 0 Å². The lowest BCUT2D eigenvalue weighted by atomic mass is 9.90. The fourth-order valence-corrected chi connectivity index (χ4v) is 7.60. The second kappa shape index (κ2) is 11.2. The third-order valence-corrected chi connectivity index (χ3v) is 10.1. The summed E-state index contributed by atoms with van der Waals surface area (Å²) >= 11 is 14.1. The van der Waals surface area contributed by atoms with Crippen LogP contribution in [-0.4, -0.2) is 43.2 Å². The molecule has 1 atom stereocenters. The summed E-state index contributed by atoms with van der Waals surface area (Å²) in [5.41, 5.74) is 3.26. The summed E-state index contributed by atoms with van der Waals surface area (Å²) in [6.07, 6.45) is 1.36. The van der Waals surface area contributed by atoms with Gasteiger partial charge in [0.2, 0.25) is 15.9 Å². The smallest absolute Gasteiger partial charge is 0.245 e.